The molecule has 0 aliphatic carbocycles. The zero-order valence-electron chi connectivity index (χ0n) is 18.3. The van der Waals surface area contributed by atoms with Gasteiger partial charge >= 0.3 is 0 Å². The molecule has 0 aromatic heterocycles. The second-order valence-electron chi connectivity index (χ2n) is 9.01. The molecule has 0 bridgehead atoms. The van der Waals surface area contributed by atoms with E-state index in [4.69, 9.17) is 16.0 Å². The largest absolute Gasteiger partial charge is 0.543 e. The quantitative estimate of drug-likeness (QED) is 0.394. The molecule has 160 valence electrons. The number of aryl methyl sites for hydroxylation is 1. The van der Waals surface area contributed by atoms with Crippen LogP contribution in [0.2, 0.25) is 23.2 Å². The van der Waals surface area contributed by atoms with Crippen molar-refractivity contribution in [2.75, 3.05) is 5.75 Å². The molecule has 2 aromatic carbocycles. The fourth-order valence-corrected chi connectivity index (χ4v) is 6.89. The Bertz CT molecular complexity index is 902. The van der Waals surface area contributed by atoms with Crippen molar-refractivity contribution in [1.82, 2.24) is 0 Å². The van der Waals surface area contributed by atoms with Crippen molar-refractivity contribution >= 4 is 29.8 Å². The molecule has 2 rings (SSSR count). The van der Waals surface area contributed by atoms with Crippen LogP contribution >= 0.6 is 11.6 Å². The third-order valence-electron chi connectivity index (χ3n) is 6.34. The maximum Gasteiger partial charge on any atom is 0.251 e. The summed E-state index contributed by atoms with van der Waals surface area (Å²) >= 11 is 5.84. The van der Waals surface area contributed by atoms with Crippen LogP contribution in [-0.2, 0) is 16.3 Å². The lowest BCUT2D eigenvalue weighted by atomic mass is 9.99. The summed E-state index contributed by atoms with van der Waals surface area (Å²) in [7, 11) is -5.21. The van der Waals surface area contributed by atoms with Crippen molar-refractivity contribution < 1.29 is 12.8 Å². The highest BCUT2D eigenvalue weighted by molar-refractivity contribution is 7.91. The highest BCUT2D eigenvalue weighted by Gasteiger charge is 2.44. The molecule has 0 N–H and O–H groups in total. The van der Waals surface area contributed by atoms with Crippen molar-refractivity contribution in [2.45, 2.75) is 63.6 Å². The molecular formula is C23H33ClO3SSi. The number of halogens is 1. The summed E-state index contributed by atoms with van der Waals surface area (Å²) in [6.07, 6.45) is 1.29. The standard InChI is InChI=1S/C23H33ClO3SSi/c1-18(2)23(3,4)29(5,6)27-21-13-9-19(10-14-21)8-7-17-28(25,26)22-15-11-20(24)12-16-22/h9-16,18H,7-8,17H2,1-6H3. The average Bonchev–Trinajstić information content (AvgIpc) is 2.63. The van der Waals surface area contributed by atoms with Crippen LogP contribution in [0, 0.1) is 5.92 Å². The van der Waals surface area contributed by atoms with Gasteiger partial charge in [0.15, 0.2) is 9.84 Å². The van der Waals surface area contributed by atoms with Crippen molar-refractivity contribution in [1.29, 1.82) is 0 Å². The predicted octanol–water partition coefficient (Wildman–Crippen LogP) is 6.77. The smallest absolute Gasteiger partial charge is 0.251 e. The van der Waals surface area contributed by atoms with Gasteiger partial charge < -0.3 is 4.43 Å². The molecule has 0 fully saturated rings. The molecule has 29 heavy (non-hydrogen) atoms. The minimum Gasteiger partial charge on any atom is -0.543 e. The Morgan fingerprint density at radius 1 is 1.00 bits per heavy atom. The second kappa shape index (κ2) is 9.23. The van der Waals surface area contributed by atoms with Crippen LogP contribution in [0.4, 0.5) is 0 Å². The lowest BCUT2D eigenvalue weighted by Gasteiger charge is -2.42. The van der Waals surface area contributed by atoms with Crippen LogP contribution in [-0.4, -0.2) is 22.5 Å². The molecule has 0 radical (unpaired) electrons. The van der Waals surface area contributed by atoms with E-state index in [1.54, 1.807) is 24.3 Å². The summed E-state index contributed by atoms with van der Waals surface area (Å²) in [5.41, 5.74) is 1.12. The first kappa shape index (κ1) is 24.0. The summed E-state index contributed by atoms with van der Waals surface area (Å²) < 4.78 is 31.3. The second-order valence-corrected chi connectivity index (χ2v) is 16.1. The molecular weight excluding hydrogens is 420 g/mol. The fraction of sp³-hybridized carbons (Fsp3) is 0.478. The molecule has 0 saturated heterocycles. The van der Waals surface area contributed by atoms with E-state index in [0.717, 1.165) is 11.3 Å². The third kappa shape index (κ3) is 6.09. The van der Waals surface area contributed by atoms with Crippen LogP contribution in [0.15, 0.2) is 53.4 Å². The molecule has 0 amide bonds. The van der Waals surface area contributed by atoms with Crippen LogP contribution in [0.5, 0.6) is 5.75 Å². The van der Waals surface area contributed by atoms with Crippen LogP contribution in [0.3, 0.4) is 0 Å². The first-order valence-electron chi connectivity index (χ1n) is 10.1. The Balaban J connectivity index is 1.95. The van der Waals surface area contributed by atoms with Crippen molar-refractivity contribution in [2.24, 2.45) is 5.92 Å². The minimum absolute atomic E-state index is 0.120. The van der Waals surface area contributed by atoms with Crippen LogP contribution in [0.1, 0.15) is 39.7 Å². The maximum atomic E-state index is 12.4. The Kier molecular flexibility index (Phi) is 7.63. The summed E-state index contributed by atoms with van der Waals surface area (Å²) in [5.74, 6) is 1.56. The van der Waals surface area contributed by atoms with Gasteiger partial charge in [0.1, 0.15) is 5.75 Å². The van der Waals surface area contributed by atoms with E-state index >= 15 is 0 Å². The van der Waals surface area contributed by atoms with Crippen molar-refractivity contribution in [3.05, 3.63) is 59.1 Å². The molecule has 2 aromatic rings. The van der Waals surface area contributed by atoms with E-state index in [0.29, 0.717) is 28.7 Å². The first-order chi connectivity index (χ1) is 13.3. The summed E-state index contributed by atoms with van der Waals surface area (Å²) in [4.78, 5) is 0.325. The molecule has 0 heterocycles. The molecule has 0 aliphatic rings. The van der Waals surface area contributed by atoms with Crippen LogP contribution < -0.4 is 4.43 Å². The molecule has 0 aliphatic heterocycles. The van der Waals surface area contributed by atoms with Gasteiger partial charge in [-0.1, -0.05) is 51.4 Å². The van der Waals surface area contributed by atoms with E-state index in [1.165, 1.54) is 0 Å². The van der Waals surface area contributed by atoms with Gasteiger partial charge in [-0.25, -0.2) is 8.42 Å². The SMILES string of the molecule is CC(C)C(C)(C)[Si](C)(C)Oc1ccc(CCCS(=O)(=O)c2ccc(Cl)cc2)cc1. The minimum atomic E-state index is -3.28. The highest BCUT2D eigenvalue weighted by atomic mass is 35.5. The number of hydrogen-bond donors (Lipinski definition) is 0. The Hall–Kier alpha value is -1.30. The van der Waals surface area contributed by atoms with Gasteiger partial charge in [0, 0.05) is 5.02 Å². The molecule has 6 heteroatoms. The van der Waals surface area contributed by atoms with Gasteiger partial charge in [-0.3, -0.25) is 0 Å². The molecule has 3 nitrogen and oxygen atoms in total. The lowest BCUT2D eigenvalue weighted by Crippen LogP contribution is -2.47. The summed E-state index contributed by atoms with van der Waals surface area (Å²) in [5, 5.41) is 0.691. The van der Waals surface area contributed by atoms with Gasteiger partial charge in [0.2, 0.25) is 0 Å². The van der Waals surface area contributed by atoms with E-state index in [-0.39, 0.29) is 10.8 Å². The predicted molar refractivity (Wildman–Crippen MR) is 125 cm³/mol. The zero-order valence-corrected chi connectivity index (χ0v) is 20.9. The van der Waals surface area contributed by atoms with Gasteiger partial charge in [0.05, 0.1) is 10.6 Å². The Morgan fingerprint density at radius 2 is 1.55 bits per heavy atom. The first-order valence-corrected chi connectivity index (χ1v) is 15.1. The topological polar surface area (TPSA) is 43.4 Å². The van der Waals surface area contributed by atoms with Gasteiger partial charge in [-0.15, -0.1) is 0 Å². The molecule has 0 unspecified atom stereocenters. The lowest BCUT2D eigenvalue weighted by molar-refractivity contribution is 0.393. The van der Waals surface area contributed by atoms with E-state index < -0.39 is 18.2 Å². The molecule has 0 saturated carbocycles. The van der Waals surface area contributed by atoms with E-state index in [1.807, 2.05) is 24.3 Å². The Morgan fingerprint density at radius 3 is 2.07 bits per heavy atom. The van der Waals surface area contributed by atoms with Crippen molar-refractivity contribution in [3.63, 3.8) is 0 Å². The number of sulfone groups is 1. The number of rotatable bonds is 9. The van der Waals surface area contributed by atoms with Gasteiger partial charge in [-0.05, 0) is 78.9 Å². The average molecular weight is 453 g/mol. The summed E-state index contributed by atoms with van der Waals surface area (Å²) in [6, 6.07) is 14.4. The normalized spacial score (nSPS) is 13.0. The zero-order chi connectivity index (χ0) is 21.9. The number of benzene rings is 2. The van der Waals surface area contributed by atoms with Gasteiger partial charge in [-0.2, -0.15) is 0 Å². The van der Waals surface area contributed by atoms with E-state index in [2.05, 4.69) is 40.8 Å². The summed E-state index contributed by atoms with van der Waals surface area (Å²) in [6.45, 7) is 13.6. The third-order valence-corrected chi connectivity index (χ3v) is 12.8. The fourth-order valence-electron chi connectivity index (χ4n) is 3.07. The molecule has 0 spiro atoms. The maximum absolute atomic E-state index is 12.4. The Labute approximate surface area is 182 Å². The number of hydrogen-bond acceptors (Lipinski definition) is 3. The van der Waals surface area contributed by atoms with E-state index in [9.17, 15) is 8.42 Å². The van der Waals surface area contributed by atoms with Crippen molar-refractivity contribution in [3.8, 4) is 5.75 Å². The van der Waals surface area contributed by atoms with Gasteiger partial charge in [0.25, 0.3) is 8.32 Å². The monoisotopic (exact) mass is 452 g/mol. The molecule has 0 atom stereocenters. The highest BCUT2D eigenvalue weighted by Crippen LogP contribution is 2.44. The van der Waals surface area contributed by atoms with Crippen LogP contribution in [0.25, 0.3) is 0 Å².